The number of benzene rings is 1. The number of nitrogens with zero attached hydrogens (tertiary/aromatic N) is 1. The van der Waals surface area contributed by atoms with Gasteiger partial charge in [0.25, 0.3) is 0 Å². The first kappa shape index (κ1) is 14.5. The molecule has 2 rings (SSSR count). The molecule has 1 aromatic carbocycles. The summed E-state index contributed by atoms with van der Waals surface area (Å²) in [7, 11) is -3.32. The Kier molecular flexibility index (Phi) is 4.02. The van der Waals surface area contributed by atoms with Gasteiger partial charge in [0.15, 0.2) is 0 Å². The van der Waals surface area contributed by atoms with Gasteiger partial charge in [-0.3, -0.25) is 0 Å². The van der Waals surface area contributed by atoms with Gasteiger partial charge in [-0.05, 0) is 36.8 Å². The van der Waals surface area contributed by atoms with E-state index in [0.717, 1.165) is 5.56 Å². The second-order valence-corrected chi connectivity index (χ2v) is 7.96. The first-order chi connectivity index (χ1) is 8.82. The predicted molar refractivity (Wildman–Crippen MR) is 77.4 cm³/mol. The first-order valence-corrected chi connectivity index (χ1v) is 8.33. The monoisotopic (exact) mass is 281 g/mol. The van der Waals surface area contributed by atoms with Gasteiger partial charge in [0, 0.05) is 13.1 Å². The Hall–Kier alpha value is -0.870. The zero-order chi connectivity index (χ0) is 14.2. The quantitative estimate of drug-likeness (QED) is 0.854. The van der Waals surface area contributed by atoms with Gasteiger partial charge >= 0.3 is 0 Å². The zero-order valence-electron chi connectivity index (χ0n) is 12.1. The molecule has 3 nitrogen and oxygen atoms in total. The van der Waals surface area contributed by atoms with E-state index in [9.17, 15) is 8.42 Å². The third-order valence-corrected chi connectivity index (χ3v) is 6.00. The van der Waals surface area contributed by atoms with E-state index in [1.54, 1.807) is 16.4 Å². The van der Waals surface area contributed by atoms with Crippen LogP contribution < -0.4 is 0 Å². The first-order valence-electron chi connectivity index (χ1n) is 6.89. The SMILES string of the molecule is Cc1ccc(S(=O)(=O)N2CC(C)C(C(C)C)C2)cc1. The average molecular weight is 281 g/mol. The summed E-state index contributed by atoms with van der Waals surface area (Å²) >= 11 is 0. The van der Waals surface area contributed by atoms with Crippen LogP contribution in [-0.2, 0) is 10.0 Å². The van der Waals surface area contributed by atoms with Crippen molar-refractivity contribution in [1.29, 1.82) is 0 Å². The van der Waals surface area contributed by atoms with E-state index in [2.05, 4.69) is 20.8 Å². The van der Waals surface area contributed by atoms with Crippen LogP contribution in [0.5, 0.6) is 0 Å². The number of hydrogen-bond acceptors (Lipinski definition) is 2. The van der Waals surface area contributed by atoms with Crippen molar-refractivity contribution in [1.82, 2.24) is 4.31 Å². The van der Waals surface area contributed by atoms with Crippen molar-refractivity contribution in [2.75, 3.05) is 13.1 Å². The maximum Gasteiger partial charge on any atom is 0.243 e. The molecule has 0 aliphatic carbocycles. The highest BCUT2D eigenvalue weighted by Gasteiger charge is 2.38. The van der Waals surface area contributed by atoms with Crippen LogP contribution in [0.1, 0.15) is 26.3 Å². The highest BCUT2D eigenvalue weighted by atomic mass is 32.2. The lowest BCUT2D eigenvalue weighted by molar-refractivity contribution is 0.335. The molecule has 0 radical (unpaired) electrons. The molecule has 4 heteroatoms. The Balaban J connectivity index is 2.24. The van der Waals surface area contributed by atoms with E-state index in [1.807, 2.05) is 19.1 Å². The normalized spacial score (nSPS) is 25.1. The molecule has 1 saturated heterocycles. The minimum Gasteiger partial charge on any atom is -0.207 e. The minimum atomic E-state index is -3.32. The van der Waals surface area contributed by atoms with Gasteiger partial charge in [-0.1, -0.05) is 38.5 Å². The maximum atomic E-state index is 12.6. The van der Waals surface area contributed by atoms with Crippen LogP contribution in [0, 0.1) is 24.7 Å². The molecule has 0 aromatic heterocycles. The van der Waals surface area contributed by atoms with Crippen molar-refractivity contribution < 1.29 is 8.42 Å². The lowest BCUT2D eigenvalue weighted by atomic mass is 9.88. The number of aryl methyl sites for hydroxylation is 1. The Morgan fingerprint density at radius 2 is 1.74 bits per heavy atom. The van der Waals surface area contributed by atoms with Crippen LogP contribution in [0.15, 0.2) is 29.2 Å². The largest absolute Gasteiger partial charge is 0.243 e. The minimum absolute atomic E-state index is 0.412. The van der Waals surface area contributed by atoms with E-state index in [0.29, 0.717) is 35.7 Å². The second-order valence-electron chi connectivity index (χ2n) is 6.02. The summed E-state index contributed by atoms with van der Waals surface area (Å²) in [5, 5.41) is 0. The molecule has 19 heavy (non-hydrogen) atoms. The molecular formula is C15H23NO2S. The van der Waals surface area contributed by atoms with Gasteiger partial charge in [-0.15, -0.1) is 0 Å². The smallest absolute Gasteiger partial charge is 0.207 e. The maximum absolute atomic E-state index is 12.6. The van der Waals surface area contributed by atoms with Crippen molar-refractivity contribution in [2.24, 2.45) is 17.8 Å². The van der Waals surface area contributed by atoms with Crippen LogP contribution in [0.25, 0.3) is 0 Å². The molecule has 1 fully saturated rings. The molecule has 2 unspecified atom stereocenters. The van der Waals surface area contributed by atoms with Gasteiger partial charge in [-0.2, -0.15) is 4.31 Å². The van der Waals surface area contributed by atoms with Crippen molar-refractivity contribution >= 4 is 10.0 Å². The summed E-state index contributed by atoms with van der Waals surface area (Å²) in [6, 6.07) is 7.12. The van der Waals surface area contributed by atoms with Crippen LogP contribution in [0.2, 0.25) is 0 Å². The Labute approximate surface area is 116 Å². The topological polar surface area (TPSA) is 37.4 Å². The molecule has 1 aromatic rings. The van der Waals surface area contributed by atoms with Crippen molar-refractivity contribution in [2.45, 2.75) is 32.6 Å². The summed E-state index contributed by atoms with van der Waals surface area (Å²) < 4.78 is 26.8. The van der Waals surface area contributed by atoms with E-state index < -0.39 is 10.0 Å². The highest BCUT2D eigenvalue weighted by molar-refractivity contribution is 7.89. The van der Waals surface area contributed by atoms with Crippen LogP contribution in [0.4, 0.5) is 0 Å². The van der Waals surface area contributed by atoms with Gasteiger partial charge in [0.1, 0.15) is 0 Å². The molecule has 2 atom stereocenters. The second kappa shape index (κ2) is 5.25. The van der Waals surface area contributed by atoms with E-state index in [4.69, 9.17) is 0 Å². The van der Waals surface area contributed by atoms with Crippen LogP contribution in [0.3, 0.4) is 0 Å². The standard InChI is InChI=1S/C15H23NO2S/c1-11(2)15-10-16(9-13(15)4)19(17,18)14-7-5-12(3)6-8-14/h5-8,11,13,15H,9-10H2,1-4H3. The average Bonchev–Trinajstić information content (AvgIpc) is 2.72. The summed E-state index contributed by atoms with van der Waals surface area (Å²) in [6.07, 6.45) is 0. The van der Waals surface area contributed by atoms with Crippen molar-refractivity contribution in [3.8, 4) is 0 Å². The fourth-order valence-electron chi connectivity index (χ4n) is 2.87. The molecule has 1 heterocycles. The zero-order valence-corrected chi connectivity index (χ0v) is 12.9. The molecule has 0 N–H and O–H groups in total. The number of hydrogen-bond donors (Lipinski definition) is 0. The number of rotatable bonds is 3. The molecule has 0 amide bonds. The predicted octanol–water partition coefficient (Wildman–Crippen LogP) is 2.91. The number of sulfonamides is 1. The van der Waals surface area contributed by atoms with Crippen molar-refractivity contribution in [3.05, 3.63) is 29.8 Å². The van der Waals surface area contributed by atoms with Crippen LogP contribution in [-0.4, -0.2) is 25.8 Å². The Morgan fingerprint density at radius 1 is 1.16 bits per heavy atom. The molecule has 1 aliphatic rings. The van der Waals surface area contributed by atoms with Crippen molar-refractivity contribution in [3.63, 3.8) is 0 Å². The molecule has 0 saturated carbocycles. The third-order valence-electron chi connectivity index (χ3n) is 4.15. The summed E-state index contributed by atoms with van der Waals surface area (Å²) in [4.78, 5) is 0.412. The Bertz CT molecular complexity index is 534. The highest BCUT2D eigenvalue weighted by Crippen LogP contribution is 2.32. The molecule has 0 bridgehead atoms. The summed E-state index contributed by atoms with van der Waals surface area (Å²) in [5.74, 6) is 1.41. The van der Waals surface area contributed by atoms with Gasteiger partial charge in [-0.25, -0.2) is 8.42 Å². The molecular weight excluding hydrogens is 258 g/mol. The molecule has 1 aliphatic heterocycles. The van der Waals surface area contributed by atoms with Gasteiger partial charge in [0.05, 0.1) is 4.90 Å². The summed E-state index contributed by atoms with van der Waals surface area (Å²) in [5.41, 5.74) is 1.08. The molecule has 106 valence electrons. The molecule has 0 spiro atoms. The van der Waals surface area contributed by atoms with E-state index in [-0.39, 0.29) is 0 Å². The third kappa shape index (κ3) is 2.84. The van der Waals surface area contributed by atoms with Gasteiger partial charge in [0.2, 0.25) is 10.0 Å². The van der Waals surface area contributed by atoms with E-state index in [1.165, 1.54) is 0 Å². The fraction of sp³-hybridized carbons (Fsp3) is 0.600. The Morgan fingerprint density at radius 3 is 2.21 bits per heavy atom. The van der Waals surface area contributed by atoms with Crippen LogP contribution >= 0.6 is 0 Å². The van der Waals surface area contributed by atoms with Gasteiger partial charge < -0.3 is 0 Å². The lowest BCUT2D eigenvalue weighted by Gasteiger charge is -2.19. The van der Waals surface area contributed by atoms with E-state index >= 15 is 0 Å². The summed E-state index contributed by atoms with van der Waals surface area (Å²) in [6.45, 7) is 9.73. The fourth-order valence-corrected chi connectivity index (χ4v) is 4.45. The lowest BCUT2D eigenvalue weighted by Crippen LogP contribution is -2.29.